The predicted octanol–water partition coefficient (Wildman–Crippen LogP) is 1.19. The molecule has 2 nitrogen and oxygen atoms in total. The molecule has 2 N–H and O–H groups in total. The van der Waals surface area contributed by atoms with Gasteiger partial charge in [0.2, 0.25) is 0 Å². The Hall–Kier alpha value is -1.02. The Morgan fingerprint density at radius 2 is 2.00 bits per heavy atom. The lowest BCUT2D eigenvalue weighted by atomic mass is 10.3. The van der Waals surface area contributed by atoms with E-state index in [-0.39, 0.29) is 0 Å². The third-order valence-corrected chi connectivity index (χ3v) is 1.09. The topological polar surface area (TPSA) is 35.2 Å². The first-order chi connectivity index (χ1) is 4.93. The monoisotopic (exact) mass is 136 g/mol. The fourth-order valence-corrected chi connectivity index (χ4v) is 0.661. The van der Waals surface area contributed by atoms with E-state index in [1.165, 1.54) is 6.54 Å². The quantitative estimate of drug-likeness (QED) is 0.677. The van der Waals surface area contributed by atoms with Crippen molar-refractivity contribution in [1.82, 2.24) is 0 Å². The molecule has 0 aliphatic rings. The molecular weight excluding hydrogens is 126 g/mol. The smallest absolute Gasteiger partial charge is 0.119 e. The summed E-state index contributed by atoms with van der Waals surface area (Å²) in [4.78, 5) is 0. The van der Waals surface area contributed by atoms with Crippen LogP contribution in [0.25, 0.3) is 0 Å². The van der Waals surface area contributed by atoms with Crippen molar-refractivity contribution in [2.24, 2.45) is 5.73 Å². The van der Waals surface area contributed by atoms with Crippen LogP contribution in [0.4, 0.5) is 0 Å². The molecular formula is C8H10NO. The van der Waals surface area contributed by atoms with Gasteiger partial charge in [-0.3, -0.25) is 0 Å². The highest BCUT2D eigenvalue weighted by Crippen LogP contribution is 2.07. The van der Waals surface area contributed by atoms with Gasteiger partial charge in [0.1, 0.15) is 12.4 Å². The van der Waals surface area contributed by atoms with Crippen LogP contribution in [0.15, 0.2) is 30.3 Å². The SMILES string of the molecule is N[CH]COc1ccccc1. The van der Waals surface area contributed by atoms with Crippen molar-refractivity contribution in [3.63, 3.8) is 0 Å². The second kappa shape index (κ2) is 3.90. The van der Waals surface area contributed by atoms with E-state index in [1.54, 1.807) is 0 Å². The Morgan fingerprint density at radius 1 is 1.30 bits per heavy atom. The Balaban J connectivity index is 2.43. The molecule has 0 unspecified atom stereocenters. The highest BCUT2D eigenvalue weighted by molar-refractivity contribution is 5.20. The van der Waals surface area contributed by atoms with Gasteiger partial charge < -0.3 is 10.5 Å². The predicted molar refractivity (Wildman–Crippen MR) is 40.4 cm³/mol. The maximum atomic E-state index is 5.17. The van der Waals surface area contributed by atoms with Crippen LogP contribution in [0.5, 0.6) is 5.75 Å². The summed E-state index contributed by atoms with van der Waals surface area (Å²) < 4.78 is 5.17. The summed E-state index contributed by atoms with van der Waals surface area (Å²) in [6.45, 7) is 1.94. The zero-order valence-corrected chi connectivity index (χ0v) is 5.66. The Labute approximate surface area is 60.6 Å². The zero-order chi connectivity index (χ0) is 7.23. The van der Waals surface area contributed by atoms with Gasteiger partial charge in [0.25, 0.3) is 0 Å². The minimum absolute atomic E-state index is 0.462. The molecule has 0 fully saturated rings. The molecule has 1 aromatic carbocycles. The van der Waals surface area contributed by atoms with Crippen LogP contribution in [0.3, 0.4) is 0 Å². The number of para-hydroxylation sites is 1. The summed E-state index contributed by atoms with van der Waals surface area (Å²) >= 11 is 0. The molecule has 0 atom stereocenters. The number of rotatable bonds is 3. The van der Waals surface area contributed by atoms with E-state index >= 15 is 0 Å². The highest BCUT2D eigenvalue weighted by atomic mass is 16.5. The minimum atomic E-state index is 0.462. The largest absolute Gasteiger partial charge is 0.492 e. The molecule has 53 valence electrons. The second-order valence-electron chi connectivity index (χ2n) is 1.86. The van der Waals surface area contributed by atoms with Crippen LogP contribution < -0.4 is 10.5 Å². The van der Waals surface area contributed by atoms with Crippen LogP contribution >= 0.6 is 0 Å². The van der Waals surface area contributed by atoms with Gasteiger partial charge in [-0.2, -0.15) is 0 Å². The first-order valence-electron chi connectivity index (χ1n) is 3.15. The molecule has 0 saturated carbocycles. The molecule has 0 aliphatic heterocycles. The Morgan fingerprint density at radius 3 is 2.60 bits per heavy atom. The summed E-state index contributed by atoms with van der Waals surface area (Å²) in [5.74, 6) is 0.851. The lowest BCUT2D eigenvalue weighted by Crippen LogP contribution is -2.03. The van der Waals surface area contributed by atoms with Gasteiger partial charge in [-0.25, -0.2) is 0 Å². The molecule has 0 heterocycles. The van der Waals surface area contributed by atoms with Crippen LogP contribution in [0.1, 0.15) is 0 Å². The van der Waals surface area contributed by atoms with Crippen LogP contribution in [0.2, 0.25) is 0 Å². The Bertz CT molecular complexity index is 174. The summed E-state index contributed by atoms with van der Waals surface area (Å²) in [5.41, 5.74) is 5.13. The lowest BCUT2D eigenvalue weighted by Gasteiger charge is -2.01. The molecule has 0 spiro atoms. The summed E-state index contributed by atoms with van der Waals surface area (Å²) in [5, 5.41) is 0. The van der Waals surface area contributed by atoms with E-state index in [9.17, 15) is 0 Å². The fraction of sp³-hybridized carbons (Fsp3) is 0.125. The van der Waals surface area contributed by atoms with Crippen molar-refractivity contribution in [2.45, 2.75) is 0 Å². The maximum absolute atomic E-state index is 5.17. The fourth-order valence-electron chi connectivity index (χ4n) is 0.661. The van der Waals surface area contributed by atoms with E-state index in [0.717, 1.165) is 5.75 Å². The van der Waals surface area contributed by atoms with Gasteiger partial charge in [-0.1, -0.05) is 18.2 Å². The van der Waals surface area contributed by atoms with Crippen molar-refractivity contribution in [3.8, 4) is 5.75 Å². The van der Waals surface area contributed by atoms with Crippen LogP contribution in [-0.4, -0.2) is 6.61 Å². The molecule has 0 saturated heterocycles. The first-order valence-corrected chi connectivity index (χ1v) is 3.15. The van der Waals surface area contributed by atoms with Gasteiger partial charge in [-0.15, -0.1) is 0 Å². The van der Waals surface area contributed by atoms with Gasteiger partial charge in [0.15, 0.2) is 0 Å². The van der Waals surface area contributed by atoms with E-state index in [4.69, 9.17) is 10.5 Å². The van der Waals surface area contributed by atoms with Gasteiger partial charge in [-0.05, 0) is 12.1 Å². The summed E-state index contributed by atoms with van der Waals surface area (Å²) in [6, 6.07) is 9.57. The van der Waals surface area contributed by atoms with E-state index in [0.29, 0.717) is 6.61 Å². The second-order valence-corrected chi connectivity index (χ2v) is 1.86. The number of nitrogens with two attached hydrogens (primary N) is 1. The maximum Gasteiger partial charge on any atom is 0.119 e. The normalized spacial score (nSPS) is 9.30. The third-order valence-electron chi connectivity index (χ3n) is 1.09. The number of ether oxygens (including phenoxy) is 1. The first kappa shape index (κ1) is 7.09. The van der Waals surface area contributed by atoms with Gasteiger partial charge >= 0.3 is 0 Å². The highest BCUT2D eigenvalue weighted by Gasteiger charge is 1.86. The molecule has 1 radical (unpaired) electrons. The van der Waals surface area contributed by atoms with E-state index < -0.39 is 0 Å². The molecule has 10 heavy (non-hydrogen) atoms. The van der Waals surface area contributed by atoms with Gasteiger partial charge in [0.05, 0.1) is 6.54 Å². The van der Waals surface area contributed by atoms with Crippen LogP contribution in [-0.2, 0) is 0 Å². The summed E-state index contributed by atoms with van der Waals surface area (Å²) in [6.07, 6.45) is 0. The number of hydrogen-bond donors (Lipinski definition) is 1. The van der Waals surface area contributed by atoms with E-state index in [2.05, 4.69) is 0 Å². The molecule has 0 aliphatic carbocycles. The summed E-state index contributed by atoms with van der Waals surface area (Å²) in [7, 11) is 0. The molecule has 1 rings (SSSR count). The average molecular weight is 136 g/mol. The molecule has 0 aromatic heterocycles. The van der Waals surface area contributed by atoms with Crippen molar-refractivity contribution < 1.29 is 4.74 Å². The van der Waals surface area contributed by atoms with Crippen molar-refractivity contribution in [3.05, 3.63) is 36.9 Å². The lowest BCUT2D eigenvalue weighted by molar-refractivity contribution is 0.348. The van der Waals surface area contributed by atoms with Gasteiger partial charge in [0, 0.05) is 0 Å². The molecule has 0 amide bonds. The zero-order valence-electron chi connectivity index (χ0n) is 5.66. The molecule has 2 heteroatoms. The van der Waals surface area contributed by atoms with Crippen LogP contribution in [0, 0.1) is 6.54 Å². The Kier molecular flexibility index (Phi) is 2.77. The molecule has 0 bridgehead atoms. The third kappa shape index (κ3) is 2.07. The minimum Gasteiger partial charge on any atom is -0.492 e. The standard InChI is InChI=1S/C8H10NO/c9-6-7-10-8-4-2-1-3-5-8/h1-6H,7,9H2. The molecule has 1 aromatic rings. The number of benzene rings is 1. The van der Waals surface area contributed by atoms with E-state index in [1.807, 2.05) is 30.3 Å². The van der Waals surface area contributed by atoms with Crippen molar-refractivity contribution in [1.29, 1.82) is 0 Å². The van der Waals surface area contributed by atoms with Crippen molar-refractivity contribution in [2.75, 3.05) is 6.61 Å². The number of hydrogen-bond acceptors (Lipinski definition) is 2. The average Bonchev–Trinajstić information content (AvgIpc) is 2.03. The van der Waals surface area contributed by atoms with Crippen molar-refractivity contribution >= 4 is 0 Å².